The summed E-state index contributed by atoms with van der Waals surface area (Å²) in [6.07, 6.45) is 0. The van der Waals surface area contributed by atoms with E-state index in [2.05, 4.69) is 0 Å². The minimum absolute atomic E-state index is 0. The van der Waals surface area contributed by atoms with E-state index in [0.717, 1.165) is 6.92 Å². The largest absolute Gasteiger partial charge is 1.00 e. The zero-order valence-electron chi connectivity index (χ0n) is 4.72. The molecule has 8 heavy (non-hydrogen) atoms. The van der Waals surface area contributed by atoms with Gasteiger partial charge in [-0.25, -0.2) is 0 Å². The average molecular weight is 112 g/mol. The van der Waals surface area contributed by atoms with Gasteiger partial charge in [0, 0.05) is 6.92 Å². The van der Waals surface area contributed by atoms with Crippen LogP contribution >= 0.6 is 0 Å². The van der Waals surface area contributed by atoms with Crippen molar-refractivity contribution in [2.75, 3.05) is 0 Å². The van der Waals surface area contributed by atoms with Crippen LogP contribution in [0.2, 0.25) is 0 Å². The van der Waals surface area contributed by atoms with Crippen molar-refractivity contribution in [2.45, 2.75) is 6.92 Å². The van der Waals surface area contributed by atoms with Crippen molar-refractivity contribution in [2.24, 2.45) is 0 Å². The second-order valence-corrected chi connectivity index (χ2v) is 0.844. The van der Waals surface area contributed by atoms with E-state index in [1.165, 1.54) is 0 Å². The Bertz CT molecular complexity index is 77.3. The van der Waals surface area contributed by atoms with E-state index in [9.17, 15) is 14.7 Å². The minimum atomic E-state index is -1.63. The van der Waals surface area contributed by atoms with Gasteiger partial charge in [0.05, 0.1) is 0 Å². The maximum Gasteiger partial charge on any atom is 1.00 e. The molecule has 0 heterocycles. The first-order valence-electron chi connectivity index (χ1n) is 1.36. The van der Waals surface area contributed by atoms with E-state index in [4.69, 9.17) is 0 Å². The van der Waals surface area contributed by atoms with Gasteiger partial charge in [0.25, 0.3) is 0 Å². The topological polar surface area (TPSA) is 88.7 Å². The number of Topliss-reactive ketones (excluding diaryl/α,β-unsaturated/α-hetero) is 1. The van der Waals surface area contributed by atoms with Crippen LogP contribution in [0.25, 0.3) is 0 Å². The molecule has 5 heteroatoms. The van der Waals surface area contributed by atoms with Crippen LogP contribution in [0, 0.1) is 0 Å². The molecule has 0 aromatic heterocycles. The summed E-state index contributed by atoms with van der Waals surface area (Å²) in [7, 11) is 0. The van der Waals surface area contributed by atoms with E-state index < -0.39 is 11.8 Å². The fourth-order valence-corrected chi connectivity index (χ4v) is 0. The second kappa shape index (κ2) is 6.70. The van der Waals surface area contributed by atoms with Gasteiger partial charge in [0.15, 0.2) is 5.78 Å². The molecule has 2 N–H and O–H groups in total. The normalized spacial score (nSPS) is 5.62. The third-order valence-electron chi connectivity index (χ3n) is 0.287. The number of ketones is 1. The summed E-state index contributed by atoms with van der Waals surface area (Å²) in [5.41, 5.74) is 0. The van der Waals surface area contributed by atoms with Crippen molar-refractivity contribution < 1.29 is 39.0 Å². The number of carboxylic acids is 1. The molecule has 0 aliphatic heterocycles. The zero-order valence-corrected chi connectivity index (χ0v) is 4.72. The Labute approximate surface area is 58.4 Å². The molecule has 0 aliphatic rings. The standard InChI is InChI=1S/C3H4O3.Li.H2O/c1-2(4)3(5)6;;/h1H3,(H,5,6);;1H2/q;+1;/p-1. The smallest absolute Gasteiger partial charge is 0.542 e. The predicted octanol–water partition coefficient (Wildman–Crippen LogP) is -5.50. The fourth-order valence-electron chi connectivity index (χ4n) is 0. The first-order valence-corrected chi connectivity index (χ1v) is 1.36. The van der Waals surface area contributed by atoms with Gasteiger partial charge in [-0.15, -0.1) is 0 Å². The van der Waals surface area contributed by atoms with Gasteiger partial charge < -0.3 is 15.4 Å². The first-order chi connectivity index (χ1) is 2.64. The Morgan fingerprint density at radius 2 is 1.50 bits per heavy atom. The van der Waals surface area contributed by atoms with E-state index in [-0.39, 0.29) is 24.3 Å². The maximum atomic E-state index is 9.48. The van der Waals surface area contributed by atoms with Crippen LogP contribution in [0.1, 0.15) is 6.92 Å². The van der Waals surface area contributed by atoms with Gasteiger partial charge >= 0.3 is 18.9 Å². The molecule has 0 spiro atoms. The van der Waals surface area contributed by atoms with Crippen LogP contribution in [-0.2, 0) is 9.59 Å². The van der Waals surface area contributed by atoms with Gasteiger partial charge in [-0.3, -0.25) is 4.79 Å². The van der Waals surface area contributed by atoms with Gasteiger partial charge in [-0.1, -0.05) is 0 Å². The van der Waals surface area contributed by atoms with Gasteiger partial charge in [0.1, 0.15) is 5.97 Å². The van der Waals surface area contributed by atoms with Gasteiger partial charge in [0.2, 0.25) is 0 Å². The van der Waals surface area contributed by atoms with E-state index in [1.54, 1.807) is 0 Å². The first kappa shape index (κ1) is 15.6. The van der Waals surface area contributed by atoms with E-state index in [1.807, 2.05) is 0 Å². The molecule has 0 saturated carbocycles. The van der Waals surface area contributed by atoms with E-state index >= 15 is 0 Å². The molecule has 0 bridgehead atoms. The molecule has 0 aliphatic carbocycles. The molecular weight excluding hydrogens is 107 g/mol. The summed E-state index contributed by atoms with van der Waals surface area (Å²) >= 11 is 0. The number of aliphatic carboxylic acids is 1. The van der Waals surface area contributed by atoms with Crippen LogP contribution in [0.4, 0.5) is 0 Å². The van der Waals surface area contributed by atoms with Crippen molar-refractivity contribution >= 4 is 11.8 Å². The molecule has 0 radical (unpaired) electrons. The maximum absolute atomic E-state index is 9.48. The van der Waals surface area contributed by atoms with Crippen molar-refractivity contribution in [3.63, 3.8) is 0 Å². The zero-order chi connectivity index (χ0) is 5.15. The molecule has 0 fully saturated rings. The van der Waals surface area contributed by atoms with Crippen LogP contribution in [0.15, 0.2) is 0 Å². The molecule has 0 saturated heterocycles. The molecule has 0 aromatic rings. The van der Waals surface area contributed by atoms with Gasteiger partial charge in [-0.05, 0) is 0 Å². The number of carboxylic acid groups (broad SMARTS) is 1. The Morgan fingerprint density at radius 1 is 1.38 bits per heavy atom. The fraction of sp³-hybridized carbons (Fsp3) is 0.333. The number of hydrogen-bond donors (Lipinski definition) is 0. The molecule has 0 rings (SSSR count). The van der Waals surface area contributed by atoms with Crippen LogP contribution in [-0.4, -0.2) is 17.2 Å². The predicted molar refractivity (Wildman–Crippen MR) is 19.3 cm³/mol. The molecule has 0 aromatic carbocycles. The van der Waals surface area contributed by atoms with E-state index in [0.29, 0.717) is 0 Å². The summed E-state index contributed by atoms with van der Waals surface area (Å²) < 4.78 is 0. The molecular formula is C3H5LiO4. The Morgan fingerprint density at radius 3 is 1.50 bits per heavy atom. The summed E-state index contributed by atoms with van der Waals surface area (Å²) in [4.78, 5) is 18.7. The third-order valence-corrected chi connectivity index (χ3v) is 0.287. The summed E-state index contributed by atoms with van der Waals surface area (Å²) in [6.45, 7) is 0.940. The Hall–Kier alpha value is -0.303. The quantitative estimate of drug-likeness (QED) is 0.250. The Balaban J connectivity index is -0.000000125. The number of carbonyl (C=O) groups is 2. The van der Waals surface area contributed by atoms with Crippen molar-refractivity contribution in [3.05, 3.63) is 0 Å². The van der Waals surface area contributed by atoms with Crippen LogP contribution in [0.3, 0.4) is 0 Å². The Kier molecular flexibility index (Phi) is 13.1. The number of rotatable bonds is 1. The van der Waals surface area contributed by atoms with Crippen molar-refractivity contribution in [1.82, 2.24) is 0 Å². The monoisotopic (exact) mass is 112 g/mol. The SMILES string of the molecule is CC(=O)C(=O)[O-].O.[Li+]. The summed E-state index contributed by atoms with van der Waals surface area (Å²) in [6, 6.07) is 0. The average Bonchev–Trinajstić information content (AvgIpc) is 1.36. The minimum Gasteiger partial charge on any atom is -0.542 e. The number of hydrogen-bond acceptors (Lipinski definition) is 3. The van der Waals surface area contributed by atoms with Crippen molar-refractivity contribution in [3.8, 4) is 0 Å². The summed E-state index contributed by atoms with van der Waals surface area (Å²) in [5, 5.41) is 9.24. The second-order valence-electron chi connectivity index (χ2n) is 0.844. The number of carbonyl (C=O) groups excluding carboxylic acids is 2. The molecule has 0 unspecified atom stereocenters. The molecule has 4 nitrogen and oxygen atoms in total. The molecule has 42 valence electrons. The van der Waals surface area contributed by atoms with Crippen LogP contribution < -0.4 is 24.0 Å². The van der Waals surface area contributed by atoms with Crippen molar-refractivity contribution in [1.29, 1.82) is 0 Å². The van der Waals surface area contributed by atoms with Crippen LogP contribution in [0.5, 0.6) is 0 Å². The molecule has 0 atom stereocenters. The van der Waals surface area contributed by atoms with Gasteiger partial charge in [-0.2, -0.15) is 0 Å². The third kappa shape index (κ3) is 9.20. The molecule has 0 amide bonds. The summed E-state index contributed by atoms with van der Waals surface area (Å²) in [5.74, 6) is -2.56.